The minimum Gasteiger partial charge on any atom is -0.480 e. The average Bonchev–Trinajstić information content (AvgIpc) is 2.81. The molecule has 1 amide bonds. The highest BCUT2D eigenvalue weighted by Gasteiger charge is 2.23. The van der Waals surface area contributed by atoms with Gasteiger partial charge in [0.1, 0.15) is 6.04 Å². The van der Waals surface area contributed by atoms with Crippen LogP contribution < -0.4 is 5.32 Å². The average molecular weight is 512 g/mol. The van der Waals surface area contributed by atoms with Crippen LogP contribution in [0, 0.1) is 6.92 Å². The lowest BCUT2D eigenvalue weighted by Crippen LogP contribution is -2.41. The summed E-state index contributed by atoms with van der Waals surface area (Å²) in [6, 6.07) is 20.4. The Balaban J connectivity index is 1.95. The zero-order chi connectivity index (χ0) is 25.4. The van der Waals surface area contributed by atoms with Gasteiger partial charge in [-0.05, 0) is 65.3 Å². The topological polar surface area (TPSA) is 101 Å². The quantitative estimate of drug-likeness (QED) is 0.387. The van der Waals surface area contributed by atoms with Crippen molar-refractivity contribution in [1.82, 2.24) is 5.32 Å². The number of carboxylic acid groups (broad SMARTS) is 1. The maximum atomic E-state index is 13.2. The lowest BCUT2D eigenvalue weighted by molar-refractivity contribution is -0.139. The molecule has 6 nitrogen and oxygen atoms in total. The maximum Gasteiger partial charge on any atom is 0.326 e. The second-order valence-electron chi connectivity index (χ2n) is 8.36. The number of nitrogens with one attached hydrogen (secondary N) is 1. The van der Waals surface area contributed by atoms with Gasteiger partial charge in [-0.1, -0.05) is 60.7 Å². The number of carboxylic acids is 1. The van der Waals surface area contributed by atoms with Gasteiger partial charge in [0.25, 0.3) is 5.91 Å². The van der Waals surface area contributed by atoms with E-state index in [4.69, 9.17) is 0 Å². The van der Waals surface area contributed by atoms with Gasteiger partial charge in [-0.2, -0.15) is 11.8 Å². The minimum atomic E-state index is -3.45. The molecule has 8 heteroatoms. The lowest BCUT2D eigenvalue weighted by atomic mass is 9.94. The van der Waals surface area contributed by atoms with Crippen LogP contribution in [0.25, 0.3) is 11.1 Å². The molecule has 0 bridgehead atoms. The molecule has 0 aliphatic heterocycles. The second kappa shape index (κ2) is 12.0. The molecule has 1 unspecified atom stereocenters. The third-order valence-electron chi connectivity index (χ3n) is 5.59. The number of hydrogen-bond donors (Lipinski definition) is 2. The normalized spacial score (nSPS) is 12.2. The third-order valence-corrected chi connectivity index (χ3v) is 7.78. The molecule has 0 aromatic heterocycles. The van der Waals surface area contributed by atoms with Crippen molar-refractivity contribution in [2.45, 2.75) is 30.9 Å². The van der Waals surface area contributed by atoms with E-state index in [0.29, 0.717) is 34.4 Å². The molecule has 0 aliphatic carbocycles. The number of amides is 1. The van der Waals surface area contributed by atoms with Gasteiger partial charge in [0.05, 0.1) is 11.5 Å². The summed E-state index contributed by atoms with van der Waals surface area (Å²) < 4.78 is 25.8. The number of aryl methyl sites for hydroxylation is 1. The van der Waals surface area contributed by atoms with Crippen molar-refractivity contribution in [3.05, 3.63) is 95.1 Å². The molecule has 35 heavy (non-hydrogen) atoms. The standard InChI is InChI=1S/C27H29NO5S2/c1-19-8-6-7-11-22(19)24-16-21(18-35(32,33)17-20-9-4-3-5-10-20)12-13-23(24)26(29)28-25(27(30)31)14-15-34-2/h3-13,16,25H,14-15,17-18H2,1-2H3,(H,28,29)(H,30,31). The van der Waals surface area contributed by atoms with Crippen molar-refractivity contribution in [3.63, 3.8) is 0 Å². The van der Waals surface area contributed by atoms with Gasteiger partial charge >= 0.3 is 5.97 Å². The summed E-state index contributed by atoms with van der Waals surface area (Å²) in [5.74, 6) is -1.25. The van der Waals surface area contributed by atoms with Gasteiger partial charge in [0, 0.05) is 5.56 Å². The SMILES string of the molecule is CSCCC(NC(=O)c1ccc(CS(=O)(=O)Cc2ccccc2)cc1-c1ccccc1C)C(=O)O. The number of sulfone groups is 1. The number of rotatable bonds is 11. The molecular weight excluding hydrogens is 482 g/mol. The first-order chi connectivity index (χ1) is 16.7. The molecule has 184 valence electrons. The van der Waals surface area contributed by atoms with Crippen LogP contribution in [0.4, 0.5) is 0 Å². The molecule has 0 fully saturated rings. The van der Waals surface area contributed by atoms with E-state index in [1.54, 1.807) is 42.5 Å². The third kappa shape index (κ3) is 7.44. The van der Waals surface area contributed by atoms with Crippen molar-refractivity contribution in [2.75, 3.05) is 12.0 Å². The number of carbonyl (C=O) groups is 2. The Kier molecular flexibility index (Phi) is 9.12. The number of aliphatic carboxylic acids is 1. The van der Waals surface area contributed by atoms with Crippen LogP contribution in [0.5, 0.6) is 0 Å². The number of carbonyl (C=O) groups excluding carboxylic acids is 1. The summed E-state index contributed by atoms with van der Waals surface area (Å²) in [5.41, 5.74) is 3.86. The highest BCUT2D eigenvalue weighted by molar-refractivity contribution is 7.98. The van der Waals surface area contributed by atoms with Crippen LogP contribution in [0.3, 0.4) is 0 Å². The smallest absolute Gasteiger partial charge is 0.326 e. The fourth-order valence-corrected chi connectivity index (χ4v) is 5.80. The van der Waals surface area contributed by atoms with E-state index in [9.17, 15) is 23.1 Å². The Labute approximate surface area is 210 Å². The van der Waals surface area contributed by atoms with Crippen molar-refractivity contribution in [3.8, 4) is 11.1 Å². The molecular formula is C27H29NO5S2. The van der Waals surface area contributed by atoms with E-state index < -0.39 is 27.8 Å². The molecule has 0 saturated heterocycles. The molecule has 0 saturated carbocycles. The molecule has 1 atom stereocenters. The van der Waals surface area contributed by atoms with Gasteiger partial charge in [-0.3, -0.25) is 4.79 Å². The fourth-order valence-electron chi connectivity index (χ4n) is 3.84. The van der Waals surface area contributed by atoms with Crippen LogP contribution in [-0.2, 0) is 26.1 Å². The minimum absolute atomic E-state index is 0.0779. The monoisotopic (exact) mass is 511 g/mol. The number of benzene rings is 3. The highest BCUT2D eigenvalue weighted by Crippen LogP contribution is 2.29. The first kappa shape index (κ1) is 26.5. The summed E-state index contributed by atoms with van der Waals surface area (Å²) in [5, 5.41) is 12.2. The van der Waals surface area contributed by atoms with E-state index >= 15 is 0 Å². The van der Waals surface area contributed by atoms with Crippen molar-refractivity contribution < 1.29 is 23.1 Å². The van der Waals surface area contributed by atoms with Crippen molar-refractivity contribution >= 4 is 33.5 Å². The predicted molar refractivity (Wildman–Crippen MR) is 141 cm³/mol. The molecule has 3 rings (SSSR count). The largest absolute Gasteiger partial charge is 0.480 e. The maximum absolute atomic E-state index is 13.2. The van der Waals surface area contributed by atoms with Gasteiger partial charge in [0.2, 0.25) is 0 Å². The lowest BCUT2D eigenvalue weighted by Gasteiger charge is -2.18. The molecule has 3 aromatic carbocycles. The molecule has 3 aromatic rings. The molecule has 2 N–H and O–H groups in total. The molecule has 0 aliphatic rings. The Morgan fingerprint density at radius 3 is 2.23 bits per heavy atom. The summed E-state index contributed by atoms with van der Waals surface area (Å²) in [7, 11) is -3.45. The van der Waals surface area contributed by atoms with Crippen LogP contribution >= 0.6 is 11.8 Å². The van der Waals surface area contributed by atoms with Crippen LogP contribution in [0.1, 0.15) is 33.5 Å². The van der Waals surface area contributed by atoms with Crippen LogP contribution in [0.15, 0.2) is 72.8 Å². The zero-order valence-corrected chi connectivity index (χ0v) is 21.4. The summed E-state index contributed by atoms with van der Waals surface area (Å²) >= 11 is 1.51. The zero-order valence-electron chi connectivity index (χ0n) is 19.7. The van der Waals surface area contributed by atoms with Gasteiger partial charge in [-0.25, -0.2) is 13.2 Å². The Morgan fingerprint density at radius 1 is 0.914 bits per heavy atom. The highest BCUT2D eigenvalue weighted by atomic mass is 32.2. The van der Waals surface area contributed by atoms with Crippen LogP contribution in [0.2, 0.25) is 0 Å². The van der Waals surface area contributed by atoms with E-state index in [-0.39, 0.29) is 11.5 Å². The Bertz CT molecular complexity index is 1290. The van der Waals surface area contributed by atoms with Crippen molar-refractivity contribution in [1.29, 1.82) is 0 Å². The first-order valence-electron chi connectivity index (χ1n) is 11.2. The summed E-state index contributed by atoms with van der Waals surface area (Å²) in [6.45, 7) is 1.91. The number of thioether (sulfide) groups is 1. The molecule has 0 spiro atoms. The Morgan fingerprint density at radius 2 is 1.57 bits per heavy atom. The fraction of sp³-hybridized carbons (Fsp3) is 0.259. The van der Waals surface area contributed by atoms with Gasteiger partial charge in [0.15, 0.2) is 9.84 Å². The first-order valence-corrected chi connectivity index (χ1v) is 14.4. The van der Waals surface area contributed by atoms with Crippen LogP contribution in [-0.4, -0.2) is 43.5 Å². The predicted octanol–water partition coefficient (Wildman–Crippen LogP) is 4.71. The van der Waals surface area contributed by atoms with E-state index in [1.165, 1.54) is 11.8 Å². The van der Waals surface area contributed by atoms with E-state index in [1.807, 2.05) is 43.5 Å². The second-order valence-corrected chi connectivity index (χ2v) is 11.4. The summed E-state index contributed by atoms with van der Waals surface area (Å²) in [6.07, 6.45) is 2.18. The van der Waals surface area contributed by atoms with Gasteiger partial charge in [-0.15, -0.1) is 0 Å². The molecule has 0 heterocycles. The molecule has 0 radical (unpaired) electrons. The van der Waals surface area contributed by atoms with Crippen molar-refractivity contribution in [2.24, 2.45) is 0 Å². The number of hydrogen-bond acceptors (Lipinski definition) is 5. The van der Waals surface area contributed by atoms with Gasteiger partial charge < -0.3 is 10.4 Å². The summed E-state index contributed by atoms with van der Waals surface area (Å²) in [4.78, 5) is 24.8. The Hall–Kier alpha value is -3.10. The van der Waals surface area contributed by atoms with E-state index in [2.05, 4.69) is 5.32 Å². The van der Waals surface area contributed by atoms with E-state index in [0.717, 1.165) is 11.1 Å².